The van der Waals surface area contributed by atoms with Crippen LogP contribution in [0.3, 0.4) is 0 Å². The van der Waals surface area contributed by atoms with Gasteiger partial charge >= 0.3 is 0 Å². The van der Waals surface area contributed by atoms with Crippen molar-refractivity contribution in [3.63, 3.8) is 0 Å². The van der Waals surface area contributed by atoms with Crippen molar-refractivity contribution in [2.24, 2.45) is 0 Å². The van der Waals surface area contributed by atoms with Crippen LogP contribution < -0.4 is 10.2 Å². The van der Waals surface area contributed by atoms with Gasteiger partial charge in [0.15, 0.2) is 5.82 Å². The van der Waals surface area contributed by atoms with E-state index in [0.29, 0.717) is 23.5 Å². The minimum atomic E-state index is -0.379. The molecule has 128 valence electrons. The second-order valence-corrected chi connectivity index (χ2v) is 6.29. The maximum atomic E-state index is 13.9. The highest BCUT2D eigenvalue weighted by atomic mass is 19.1. The van der Waals surface area contributed by atoms with E-state index in [2.05, 4.69) is 10.4 Å². The predicted molar refractivity (Wildman–Crippen MR) is 87.7 cm³/mol. The first-order valence-corrected chi connectivity index (χ1v) is 8.07. The third-order valence-electron chi connectivity index (χ3n) is 4.19. The van der Waals surface area contributed by atoms with Crippen LogP contribution in [0.15, 0.2) is 30.5 Å². The van der Waals surface area contributed by atoms with Gasteiger partial charge in [-0.05, 0) is 50.5 Å². The van der Waals surface area contributed by atoms with Gasteiger partial charge in [0.25, 0.3) is 5.91 Å². The van der Waals surface area contributed by atoms with Crippen LogP contribution in [-0.4, -0.2) is 33.6 Å². The summed E-state index contributed by atoms with van der Waals surface area (Å²) < 4.78 is 13.9. The quantitative estimate of drug-likeness (QED) is 0.845. The molecule has 1 aromatic heterocycles. The van der Waals surface area contributed by atoms with Crippen molar-refractivity contribution in [1.82, 2.24) is 15.3 Å². The fourth-order valence-corrected chi connectivity index (χ4v) is 3.22. The van der Waals surface area contributed by atoms with Crippen LogP contribution in [0.2, 0.25) is 0 Å². The average Bonchev–Trinajstić information content (AvgIpc) is 3.14. The van der Waals surface area contributed by atoms with E-state index in [-0.39, 0.29) is 23.8 Å². The molecule has 1 amide bonds. The van der Waals surface area contributed by atoms with Gasteiger partial charge in [0.05, 0.1) is 12.2 Å². The summed E-state index contributed by atoms with van der Waals surface area (Å²) in [5, 5.41) is 16.5. The highest BCUT2D eigenvalue weighted by Gasteiger charge is 2.31. The van der Waals surface area contributed by atoms with Crippen LogP contribution in [0.25, 0.3) is 0 Å². The number of hydrogen-bond donors (Lipinski definition) is 2. The maximum Gasteiger partial charge on any atom is 0.251 e. The Morgan fingerprint density at radius 3 is 2.88 bits per heavy atom. The second-order valence-electron chi connectivity index (χ2n) is 6.29. The van der Waals surface area contributed by atoms with E-state index in [4.69, 9.17) is 0 Å². The van der Waals surface area contributed by atoms with Gasteiger partial charge in [-0.15, -0.1) is 5.10 Å². The van der Waals surface area contributed by atoms with E-state index in [1.807, 2.05) is 18.7 Å². The lowest BCUT2D eigenvalue weighted by Gasteiger charge is -2.27. The van der Waals surface area contributed by atoms with Gasteiger partial charge in [-0.3, -0.25) is 4.79 Å². The number of aromatic nitrogens is 2. The summed E-state index contributed by atoms with van der Waals surface area (Å²) in [6.45, 7) is 4.47. The van der Waals surface area contributed by atoms with Gasteiger partial charge in [-0.25, -0.2) is 4.39 Å². The highest BCUT2D eigenvalue weighted by Crippen LogP contribution is 2.37. The zero-order chi connectivity index (χ0) is 17.3. The standard InChI is InChI=1S/C17H21FN4O2/c1-11(2)20-17(23)13-6-5-12(18)10-14(13)15-4-3-9-21(15)16-7-8-19-22(16)24/h5-8,10-11,15,24H,3-4,9H2,1-2H3,(H,20,23). The molecule has 1 saturated heterocycles. The lowest BCUT2D eigenvalue weighted by atomic mass is 9.97. The number of amides is 1. The number of nitrogens with zero attached hydrogens (tertiary/aromatic N) is 3. The first-order chi connectivity index (χ1) is 11.5. The zero-order valence-corrected chi connectivity index (χ0v) is 13.7. The Hall–Kier alpha value is -2.57. The molecule has 0 aliphatic carbocycles. The molecule has 1 aliphatic heterocycles. The van der Waals surface area contributed by atoms with Crippen molar-refractivity contribution in [1.29, 1.82) is 0 Å². The molecule has 2 N–H and O–H groups in total. The molecule has 3 rings (SSSR count). The van der Waals surface area contributed by atoms with Crippen LogP contribution in [0, 0.1) is 5.82 Å². The van der Waals surface area contributed by atoms with Gasteiger partial charge in [0.1, 0.15) is 5.82 Å². The monoisotopic (exact) mass is 332 g/mol. The van der Waals surface area contributed by atoms with Gasteiger partial charge in [0.2, 0.25) is 0 Å². The fraction of sp³-hybridized carbons (Fsp3) is 0.412. The SMILES string of the molecule is CC(C)NC(=O)c1ccc(F)cc1C1CCCN1c1ccnn1O. The molecule has 2 heterocycles. The maximum absolute atomic E-state index is 13.9. The third-order valence-corrected chi connectivity index (χ3v) is 4.19. The zero-order valence-electron chi connectivity index (χ0n) is 13.7. The summed E-state index contributed by atoms with van der Waals surface area (Å²) in [5.41, 5.74) is 1.10. The Morgan fingerprint density at radius 2 is 2.21 bits per heavy atom. The summed E-state index contributed by atoms with van der Waals surface area (Å²) in [6, 6.07) is 5.75. The van der Waals surface area contributed by atoms with Crippen LogP contribution in [0.4, 0.5) is 10.2 Å². The van der Waals surface area contributed by atoms with E-state index in [1.54, 1.807) is 6.07 Å². The lowest BCUT2D eigenvalue weighted by Crippen LogP contribution is -2.32. The minimum absolute atomic E-state index is 0.00559. The van der Waals surface area contributed by atoms with E-state index in [9.17, 15) is 14.4 Å². The van der Waals surface area contributed by atoms with Crippen LogP contribution in [0.1, 0.15) is 48.7 Å². The summed E-state index contributed by atoms with van der Waals surface area (Å²) >= 11 is 0. The molecule has 0 radical (unpaired) electrons. The number of rotatable bonds is 4. The van der Waals surface area contributed by atoms with E-state index < -0.39 is 0 Å². The van der Waals surface area contributed by atoms with Crippen LogP contribution in [-0.2, 0) is 0 Å². The second kappa shape index (κ2) is 6.51. The van der Waals surface area contributed by atoms with E-state index >= 15 is 0 Å². The Balaban J connectivity index is 2.00. The number of carbonyl (C=O) groups is 1. The molecule has 0 saturated carbocycles. The number of benzene rings is 1. The molecule has 1 unspecified atom stereocenters. The molecule has 1 fully saturated rings. The minimum Gasteiger partial charge on any atom is -0.410 e. The number of halogens is 1. The first-order valence-electron chi connectivity index (χ1n) is 8.07. The number of hydrogen-bond acceptors (Lipinski definition) is 4. The molecule has 1 atom stereocenters. The van der Waals surface area contributed by atoms with Gasteiger partial charge in [-0.2, -0.15) is 0 Å². The Bertz CT molecular complexity index is 744. The van der Waals surface area contributed by atoms with Crippen LogP contribution >= 0.6 is 0 Å². The van der Waals surface area contributed by atoms with Crippen molar-refractivity contribution in [3.05, 3.63) is 47.4 Å². The van der Waals surface area contributed by atoms with Crippen molar-refractivity contribution < 1.29 is 14.4 Å². The Labute approximate surface area is 139 Å². The predicted octanol–water partition coefficient (Wildman–Crippen LogP) is 2.74. The van der Waals surface area contributed by atoms with Gasteiger partial charge < -0.3 is 15.4 Å². The topological polar surface area (TPSA) is 70.4 Å². The molecule has 7 heteroatoms. The average molecular weight is 332 g/mol. The van der Waals surface area contributed by atoms with Gasteiger partial charge in [0, 0.05) is 24.2 Å². The molecule has 2 aromatic rings. The molecule has 0 spiro atoms. The molecular formula is C17H21FN4O2. The molecule has 6 nitrogen and oxygen atoms in total. The fourth-order valence-electron chi connectivity index (χ4n) is 3.22. The molecule has 1 aliphatic rings. The van der Waals surface area contributed by atoms with Crippen molar-refractivity contribution >= 4 is 11.7 Å². The number of anilines is 1. The van der Waals surface area contributed by atoms with Crippen molar-refractivity contribution in [2.75, 3.05) is 11.4 Å². The molecular weight excluding hydrogens is 311 g/mol. The summed E-state index contributed by atoms with van der Waals surface area (Å²) in [6.07, 6.45) is 3.16. The summed E-state index contributed by atoms with van der Waals surface area (Å²) in [7, 11) is 0. The normalized spacial score (nSPS) is 17.5. The lowest BCUT2D eigenvalue weighted by molar-refractivity contribution is 0.0941. The number of carbonyl (C=O) groups excluding carboxylic acids is 1. The van der Waals surface area contributed by atoms with Crippen LogP contribution in [0.5, 0.6) is 0 Å². The Morgan fingerprint density at radius 1 is 1.42 bits per heavy atom. The van der Waals surface area contributed by atoms with E-state index in [1.165, 1.54) is 24.4 Å². The smallest absolute Gasteiger partial charge is 0.251 e. The summed E-state index contributed by atoms with van der Waals surface area (Å²) in [4.78, 5) is 15.2. The molecule has 24 heavy (non-hydrogen) atoms. The Kier molecular flexibility index (Phi) is 4.42. The molecule has 0 bridgehead atoms. The largest absolute Gasteiger partial charge is 0.410 e. The number of nitrogens with one attached hydrogen (secondary N) is 1. The van der Waals surface area contributed by atoms with E-state index in [0.717, 1.165) is 17.7 Å². The molecule has 1 aromatic carbocycles. The van der Waals surface area contributed by atoms with Gasteiger partial charge in [-0.1, -0.05) is 4.85 Å². The highest BCUT2D eigenvalue weighted by molar-refractivity contribution is 5.96. The van der Waals surface area contributed by atoms with Crippen molar-refractivity contribution in [2.45, 2.75) is 38.8 Å². The van der Waals surface area contributed by atoms with Crippen molar-refractivity contribution in [3.8, 4) is 0 Å². The first kappa shape index (κ1) is 16.3. The third kappa shape index (κ3) is 3.06. The summed E-state index contributed by atoms with van der Waals surface area (Å²) in [5.74, 6) is -0.0585.